The Balaban J connectivity index is 1.41. The number of rotatable bonds is 14. The maximum atomic E-state index is 9.93. The summed E-state index contributed by atoms with van der Waals surface area (Å²) in [5.41, 5.74) is 4.18. The van der Waals surface area contributed by atoms with Gasteiger partial charge in [-0.05, 0) is 28.3 Å². The first-order valence-electron chi connectivity index (χ1n) is 14.4. The Bertz CT molecular complexity index is 1330. The fourth-order valence-electron chi connectivity index (χ4n) is 4.96. The first-order chi connectivity index (χ1) is 20.8. The number of hydrogen-bond donors (Lipinski definition) is 1. The van der Waals surface area contributed by atoms with E-state index in [9.17, 15) is 5.11 Å². The van der Waals surface area contributed by atoms with Crippen LogP contribution in [-0.2, 0) is 50.1 Å². The van der Waals surface area contributed by atoms with Crippen LogP contribution in [0.15, 0.2) is 133 Å². The van der Waals surface area contributed by atoms with Gasteiger partial charge < -0.3 is 28.8 Å². The second-order valence-corrected chi connectivity index (χ2v) is 10.2. The molecule has 0 aliphatic carbocycles. The number of hydrogen-bond acceptors (Lipinski definition) is 6. The molecule has 4 aromatic rings. The average molecular weight is 567 g/mol. The molecule has 1 fully saturated rings. The normalized spacial score (nSPS) is 21.2. The van der Waals surface area contributed by atoms with Crippen molar-refractivity contribution in [2.24, 2.45) is 0 Å². The van der Waals surface area contributed by atoms with Crippen LogP contribution in [0.5, 0.6) is 0 Å². The summed E-state index contributed by atoms with van der Waals surface area (Å²) < 4.78 is 32.4. The van der Waals surface area contributed by atoms with Gasteiger partial charge in [-0.1, -0.05) is 121 Å². The number of ether oxygens (including phenoxy) is 5. The lowest BCUT2D eigenvalue weighted by Crippen LogP contribution is -2.56. The zero-order valence-electron chi connectivity index (χ0n) is 23.7. The van der Waals surface area contributed by atoms with E-state index >= 15 is 0 Å². The highest BCUT2D eigenvalue weighted by molar-refractivity contribution is 5.18. The van der Waals surface area contributed by atoms with E-state index in [1.807, 2.05) is 121 Å². The molecule has 0 aromatic heterocycles. The predicted octanol–water partition coefficient (Wildman–Crippen LogP) is 6.23. The molecular formula is C36H38O6. The van der Waals surface area contributed by atoms with Crippen molar-refractivity contribution < 1.29 is 28.8 Å². The molecule has 6 nitrogen and oxygen atoms in total. The molecule has 6 heteroatoms. The summed E-state index contributed by atoms with van der Waals surface area (Å²) in [6.07, 6.45) is -0.498. The first kappa shape index (κ1) is 29.7. The van der Waals surface area contributed by atoms with Crippen molar-refractivity contribution in [1.82, 2.24) is 0 Å². The van der Waals surface area contributed by atoms with Crippen LogP contribution in [0.3, 0.4) is 0 Å². The molecule has 1 N–H and O–H groups in total. The van der Waals surface area contributed by atoms with Gasteiger partial charge in [-0.25, -0.2) is 0 Å². The van der Waals surface area contributed by atoms with Crippen molar-refractivity contribution in [2.75, 3.05) is 13.2 Å². The highest BCUT2D eigenvalue weighted by atomic mass is 16.6. The van der Waals surface area contributed by atoms with Gasteiger partial charge >= 0.3 is 0 Å². The molecule has 1 saturated heterocycles. The molecule has 1 aliphatic rings. The summed E-state index contributed by atoms with van der Waals surface area (Å²) >= 11 is 0. The van der Waals surface area contributed by atoms with Crippen molar-refractivity contribution >= 4 is 0 Å². The van der Waals surface area contributed by atoms with Gasteiger partial charge in [0, 0.05) is 0 Å². The lowest BCUT2D eigenvalue weighted by atomic mass is 9.96. The van der Waals surface area contributed by atoms with Crippen LogP contribution in [0, 0.1) is 0 Å². The molecule has 218 valence electrons. The van der Waals surface area contributed by atoms with E-state index in [1.54, 1.807) is 6.08 Å². The lowest BCUT2D eigenvalue weighted by Gasteiger charge is -2.43. The fraction of sp³-hybridized carbons (Fsp3) is 0.278. The summed E-state index contributed by atoms with van der Waals surface area (Å²) in [6.45, 7) is 1.61. The quantitative estimate of drug-likeness (QED) is 0.195. The summed E-state index contributed by atoms with van der Waals surface area (Å²) in [5, 5.41) is 9.93. The highest BCUT2D eigenvalue weighted by Crippen LogP contribution is 2.33. The van der Waals surface area contributed by atoms with Gasteiger partial charge in [0.1, 0.15) is 24.1 Å². The Morgan fingerprint density at radius 1 is 0.548 bits per heavy atom. The molecule has 0 spiro atoms. The van der Waals surface area contributed by atoms with Crippen LogP contribution >= 0.6 is 0 Å². The average Bonchev–Trinajstić information content (AvgIpc) is 3.05. The minimum Gasteiger partial charge on any atom is -0.487 e. The third-order valence-corrected chi connectivity index (χ3v) is 7.09. The molecule has 1 heterocycles. The van der Waals surface area contributed by atoms with Crippen molar-refractivity contribution in [3.05, 3.63) is 155 Å². The van der Waals surface area contributed by atoms with Crippen LogP contribution in [0.1, 0.15) is 22.3 Å². The second-order valence-electron chi connectivity index (χ2n) is 10.2. The van der Waals surface area contributed by atoms with E-state index in [1.165, 1.54) is 0 Å². The van der Waals surface area contributed by atoms with Gasteiger partial charge in [0.15, 0.2) is 6.10 Å². The van der Waals surface area contributed by atoms with Gasteiger partial charge in [0.05, 0.1) is 39.6 Å². The van der Waals surface area contributed by atoms with Crippen molar-refractivity contribution in [3.8, 4) is 0 Å². The van der Waals surface area contributed by atoms with Crippen LogP contribution in [0.25, 0.3) is 0 Å². The van der Waals surface area contributed by atoms with Gasteiger partial charge in [-0.15, -0.1) is 0 Å². The Hall–Kier alpha value is -3.78. The second kappa shape index (κ2) is 16.0. The summed E-state index contributed by atoms with van der Waals surface area (Å²) in [4.78, 5) is 0. The van der Waals surface area contributed by atoms with Crippen molar-refractivity contribution in [2.45, 2.75) is 50.8 Å². The van der Waals surface area contributed by atoms with Gasteiger partial charge in [-0.2, -0.15) is 0 Å². The third-order valence-electron chi connectivity index (χ3n) is 7.09. The van der Waals surface area contributed by atoms with Crippen LogP contribution < -0.4 is 0 Å². The molecule has 5 rings (SSSR count). The van der Waals surface area contributed by atoms with Gasteiger partial charge in [0.25, 0.3) is 0 Å². The maximum absolute atomic E-state index is 9.93. The number of benzene rings is 4. The SMILES string of the molecule is OC/C=C1/OC(COCc2ccccc2)C(OCc2ccccc2)C(OCc2ccccc2)C1OCc1ccccc1. The molecule has 1 aliphatic heterocycles. The Labute approximate surface area is 248 Å². The van der Waals surface area contributed by atoms with Gasteiger partial charge in [0.2, 0.25) is 0 Å². The standard InChI is InChI=1S/C36H38O6/c37-22-21-32-34(39-24-29-15-7-2-8-16-29)36(41-26-31-19-11-4-12-20-31)35(40-25-30-17-9-3-10-18-30)33(42-32)27-38-23-28-13-5-1-6-14-28/h1-21,33-37H,22-27H2/b32-21+. The van der Waals surface area contributed by atoms with E-state index in [-0.39, 0.29) is 13.2 Å². The fourth-order valence-corrected chi connectivity index (χ4v) is 4.96. The molecule has 0 saturated carbocycles. The molecule has 42 heavy (non-hydrogen) atoms. The molecule has 0 bridgehead atoms. The minimum atomic E-state index is -0.604. The zero-order chi connectivity index (χ0) is 28.8. The van der Waals surface area contributed by atoms with Crippen molar-refractivity contribution in [3.63, 3.8) is 0 Å². The third kappa shape index (κ3) is 8.61. The number of aliphatic hydroxyl groups is 1. The van der Waals surface area contributed by atoms with E-state index in [4.69, 9.17) is 23.7 Å². The summed E-state index contributed by atoms with van der Waals surface area (Å²) in [5.74, 6) is 0.513. The van der Waals surface area contributed by atoms with E-state index in [2.05, 4.69) is 0 Å². The first-order valence-corrected chi connectivity index (χ1v) is 14.4. The number of aliphatic hydroxyl groups excluding tert-OH is 1. The van der Waals surface area contributed by atoms with Crippen LogP contribution in [-0.4, -0.2) is 42.7 Å². The Morgan fingerprint density at radius 2 is 0.976 bits per heavy atom. The summed E-state index contributed by atoms with van der Waals surface area (Å²) in [6, 6.07) is 40.1. The Morgan fingerprint density at radius 3 is 1.45 bits per heavy atom. The van der Waals surface area contributed by atoms with Crippen LogP contribution in [0.4, 0.5) is 0 Å². The molecule has 0 radical (unpaired) electrons. The maximum Gasteiger partial charge on any atom is 0.150 e. The molecule has 4 aromatic carbocycles. The van der Waals surface area contributed by atoms with E-state index in [0.29, 0.717) is 32.2 Å². The highest BCUT2D eigenvalue weighted by Gasteiger charge is 2.46. The Kier molecular flexibility index (Phi) is 11.3. The molecule has 0 amide bonds. The smallest absolute Gasteiger partial charge is 0.150 e. The van der Waals surface area contributed by atoms with Gasteiger partial charge in [-0.3, -0.25) is 0 Å². The van der Waals surface area contributed by atoms with Crippen molar-refractivity contribution in [1.29, 1.82) is 0 Å². The predicted molar refractivity (Wildman–Crippen MR) is 161 cm³/mol. The molecule has 4 atom stereocenters. The largest absolute Gasteiger partial charge is 0.487 e. The zero-order valence-corrected chi connectivity index (χ0v) is 23.7. The van der Waals surface area contributed by atoms with E-state index < -0.39 is 24.4 Å². The van der Waals surface area contributed by atoms with E-state index in [0.717, 1.165) is 22.3 Å². The monoisotopic (exact) mass is 566 g/mol. The summed E-state index contributed by atoms with van der Waals surface area (Å²) in [7, 11) is 0. The lowest BCUT2D eigenvalue weighted by molar-refractivity contribution is -0.223. The topological polar surface area (TPSA) is 66.4 Å². The molecular weight excluding hydrogens is 528 g/mol. The minimum absolute atomic E-state index is 0.195. The van der Waals surface area contributed by atoms with Crippen LogP contribution in [0.2, 0.25) is 0 Å². The molecule has 4 unspecified atom stereocenters.